The van der Waals surface area contributed by atoms with E-state index < -0.39 is 0 Å². The third-order valence-corrected chi connectivity index (χ3v) is 6.95. The average molecular weight is 415 g/mol. The molecule has 8 heteroatoms. The summed E-state index contributed by atoms with van der Waals surface area (Å²) >= 11 is 0. The second-order valence-electron chi connectivity index (χ2n) is 8.96. The molecule has 2 aromatic rings. The molecule has 2 heterocycles. The number of nitrogens with two attached hydrogens (primary N) is 1. The van der Waals surface area contributed by atoms with E-state index in [1.807, 2.05) is 6.33 Å². The van der Waals surface area contributed by atoms with Crippen LogP contribution < -0.4 is 16.4 Å². The lowest BCUT2D eigenvalue weighted by Gasteiger charge is -2.28. The molecule has 0 aromatic carbocycles. The van der Waals surface area contributed by atoms with Crippen molar-refractivity contribution >= 4 is 22.9 Å². The van der Waals surface area contributed by atoms with Crippen molar-refractivity contribution in [1.82, 2.24) is 24.4 Å². The van der Waals surface area contributed by atoms with Crippen LogP contribution in [0.2, 0.25) is 0 Å². The monoisotopic (exact) mass is 414 g/mol. The lowest BCUT2D eigenvalue weighted by Crippen LogP contribution is -2.38. The van der Waals surface area contributed by atoms with Crippen LogP contribution in [-0.2, 0) is 0 Å². The molecule has 2 fully saturated rings. The Bertz CT molecular complexity index is 816. The summed E-state index contributed by atoms with van der Waals surface area (Å²) in [6.07, 6.45) is 11.4. The van der Waals surface area contributed by atoms with E-state index in [1.54, 1.807) is 0 Å². The molecule has 8 nitrogen and oxygen atoms in total. The highest BCUT2D eigenvalue weighted by Gasteiger charge is 2.24. The topological polar surface area (TPSA) is 96.9 Å². The van der Waals surface area contributed by atoms with Crippen LogP contribution >= 0.6 is 0 Å². The van der Waals surface area contributed by atoms with E-state index >= 15 is 0 Å². The molecule has 1 unspecified atom stereocenters. The molecule has 166 valence electrons. The number of nitrogens with zero attached hydrogens (tertiary/aromatic N) is 5. The fourth-order valence-electron chi connectivity index (χ4n) is 5.04. The zero-order valence-electron chi connectivity index (χ0n) is 18.8. The molecule has 2 saturated carbocycles. The van der Waals surface area contributed by atoms with Gasteiger partial charge in [-0.3, -0.25) is 4.90 Å². The van der Waals surface area contributed by atoms with Crippen molar-refractivity contribution in [2.75, 3.05) is 23.7 Å². The van der Waals surface area contributed by atoms with Gasteiger partial charge in [0, 0.05) is 18.1 Å². The van der Waals surface area contributed by atoms with Crippen LogP contribution in [0.25, 0.3) is 11.2 Å². The second kappa shape index (κ2) is 9.47. The van der Waals surface area contributed by atoms with Crippen LogP contribution in [0, 0.1) is 0 Å². The zero-order valence-corrected chi connectivity index (χ0v) is 18.8. The highest BCUT2D eigenvalue weighted by molar-refractivity contribution is 5.84. The smallest absolute Gasteiger partial charge is 0.227 e. The Morgan fingerprint density at radius 1 is 1.10 bits per heavy atom. The normalized spacial score (nSPS) is 23.9. The number of hydrogen-bond donors (Lipinski definition) is 3. The SMILES string of the molecule is CCN(CC)C(C)Nc1nc(NC2CCC(N)CC2)nc2c1ncn2C1CCCC1. The van der Waals surface area contributed by atoms with Gasteiger partial charge in [-0.15, -0.1) is 0 Å². The van der Waals surface area contributed by atoms with Gasteiger partial charge in [-0.25, -0.2) is 4.98 Å². The maximum absolute atomic E-state index is 6.09. The van der Waals surface area contributed by atoms with E-state index in [1.165, 1.54) is 25.7 Å². The van der Waals surface area contributed by atoms with Crippen molar-refractivity contribution in [2.45, 2.75) is 96.4 Å². The average Bonchev–Trinajstić information content (AvgIpc) is 3.40. The zero-order chi connectivity index (χ0) is 21.1. The number of rotatable bonds is 8. The summed E-state index contributed by atoms with van der Waals surface area (Å²) in [4.78, 5) is 16.9. The molecule has 0 spiro atoms. The van der Waals surface area contributed by atoms with Crippen molar-refractivity contribution in [1.29, 1.82) is 0 Å². The van der Waals surface area contributed by atoms with E-state index in [0.717, 1.165) is 55.8 Å². The number of aromatic nitrogens is 4. The van der Waals surface area contributed by atoms with Crippen molar-refractivity contribution < 1.29 is 0 Å². The van der Waals surface area contributed by atoms with Crippen LogP contribution in [0.1, 0.15) is 78.2 Å². The lowest BCUT2D eigenvalue weighted by atomic mass is 9.92. The molecule has 0 radical (unpaired) electrons. The van der Waals surface area contributed by atoms with Crippen molar-refractivity contribution in [3.05, 3.63) is 6.33 Å². The van der Waals surface area contributed by atoms with E-state index in [0.29, 0.717) is 24.1 Å². The number of hydrogen-bond acceptors (Lipinski definition) is 7. The molecule has 4 N–H and O–H groups in total. The third kappa shape index (κ3) is 4.54. The molecular weight excluding hydrogens is 376 g/mol. The molecule has 4 rings (SSSR count). The maximum atomic E-state index is 6.09. The first-order valence-electron chi connectivity index (χ1n) is 11.9. The highest BCUT2D eigenvalue weighted by Crippen LogP contribution is 2.33. The van der Waals surface area contributed by atoms with Gasteiger partial charge in [-0.2, -0.15) is 9.97 Å². The minimum absolute atomic E-state index is 0.176. The molecular formula is C22H38N8. The summed E-state index contributed by atoms with van der Waals surface area (Å²) in [6, 6.07) is 1.22. The van der Waals surface area contributed by atoms with E-state index in [-0.39, 0.29) is 6.17 Å². The van der Waals surface area contributed by atoms with Gasteiger partial charge in [0.2, 0.25) is 5.95 Å². The molecule has 2 aromatic heterocycles. The van der Waals surface area contributed by atoms with Crippen molar-refractivity contribution in [3.63, 3.8) is 0 Å². The first-order valence-corrected chi connectivity index (χ1v) is 11.9. The number of imidazole rings is 1. The molecule has 2 aliphatic carbocycles. The Morgan fingerprint density at radius 2 is 1.80 bits per heavy atom. The summed E-state index contributed by atoms with van der Waals surface area (Å²) in [5, 5.41) is 7.21. The molecule has 0 bridgehead atoms. The maximum Gasteiger partial charge on any atom is 0.227 e. The molecule has 30 heavy (non-hydrogen) atoms. The predicted molar refractivity (Wildman–Crippen MR) is 123 cm³/mol. The number of anilines is 2. The Labute approximate surface area is 180 Å². The van der Waals surface area contributed by atoms with Crippen LogP contribution in [0.5, 0.6) is 0 Å². The van der Waals surface area contributed by atoms with Crippen LogP contribution in [-0.4, -0.2) is 55.8 Å². The van der Waals surface area contributed by atoms with Gasteiger partial charge in [0.25, 0.3) is 0 Å². The standard InChI is InChI=1S/C22H38N8/c1-4-29(5-2)15(3)25-20-19-21(30(14-24-19)18-8-6-7-9-18)28-22(27-20)26-17-12-10-16(23)11-13-17/h14-18H,4-13,23H2,1-3H3,(H2,25,26,27,28). The van der Waals surface area contributed by atoms with E-state index in [4.69, 9.17) is 20.7 Å². The van der Waals surface area contributed by atoms with Crippen LogP contribution in [0.4, 0.5) is 11.8 Å². The molecule has 0 aliphatic heterocycles. The van der Waals surface area contributed by atoms with E-state index in [2.05, 4.69) is 40.9 Å². The predicted octanol–water partition coefficient (Wildman–Crippen LogP) is 3.72. The summed E-state index contributed by atoms with van der Waals surface area (Å²) in [5.74, 6) is 1.53. The molecule has 1 atom stereocenters. The quantitative estimate of drug-likeness (QED) is 0.566. The molecule has 0 saturated heterocycles. The van der Waals surface area contributed by atoms with Gasteiger partial charge in [0.1, 0.15) is 0 Å². The largest absolute Gasteiger partial charge is 0.353 e. The van der Waals surface area contributed by atoms with Crippen LogP contribution in [0.15, 0.2) is 6.33 Å². The fraction of sp³-hybridized carbons (Fsp3) is 0.773. The summed E-state index contributed by atoms with van der Waals surface area (Å²) in [7, 11) is 0. The first kappa shape index (κ1) is 21.3. The first-order chi connectivity index (χ1) is 14.6. The van der Waals surface area contributed by atoms with Gasteiger partial charge in [-0.05, 0) is 58.5 Å². The van der Waals surface area contributed by atoms with Crippen molar-refractivity contribution in [3.8, 4) is 0 Å². The second-order valence-corrected chi connectivity index (χ2v) is 8.96. The number of fused-ring (bicyclic) bond motifs is 1. The van der Waals surface area contributed by atoms with Gasteiger partial charge in [0.05, 0.1) is 12.5 Å². The minimum Gasteiger partial charge on any atom is -0.353 e. The minimum atomic E-state index is 0.176. The Hall–Kier alpha value is -1.93. The number of nitrogens with one attached hydrogen (secondary N) is 2. The van der Waals surface area contributed by atoms with E-state index in [9.17, 15) is 0 Å². The summed E-state index contributed by atoms with van der Waals surface area (Å²) in [5.41, 5.74) is 7.91. The van der Waals surface area contributed by atoms with Gasteiger partial charge in [-0.1, -0.05) is 26.7 Å². The Balaban J connectivity index is 1.65. The summed E-state index contributed by atoms with van der Waals surface area (Å²) < 4.78 is 2.28. The summed E-state index contributed by atoms with van der Waals surface area (Å²) in [6.45, 7) is 8.54. The molecule has 0 amide bonds. The highest BCUT2D eigenvalue weighted by atomic mass is 15.3. The van der Waals surface area contributed by atoms with Gasteiger partial charge < -0.3 is 20.9 Å². The van der Waals surface area contributed by atoms with Crippen molar-refractivity contribution in [2.24, 2.45) is 5.73 Å². The Morgan fingerprint density at radius 3 is 2.47 bits per heavy atom. The van der Waals surface area contributed by atoms with Gasteiger partial charge in [0.15, 0.2) is 17.0 Å². The fourth-order valence-corrected chi connectivity index (χ4v) is 5.04. The molecule has 2 aliphatic rings. The third-order valence-electron chi connectivity index (χ3n) is 6.95. The Kier molecular flexibility index (Phi) is 6.73. The lowest BCUT2D eigenvalue weighted by molar-refractivity contribution is 0.253. The van der Waals surface area contributed by atoms with Crippen LogP contribution in [0.3, 0.4) is 0 Å². The van der Waals surface area contributed by atoms with Gasteiger partial charge >= 0.3 is 0 Å².